The second-order valence-corrected chi connectivity index (χ2v) is 10.4. The maximum absolute atomic E-state index is 13.4. The summed E-state index contributed by atoms with van der Waals surface area (Å²) in [4.78, 5) is 25.9. The minimum absolute atomic E-state index is 0.162. The number of halogens is 1. The number of nitrogen functional groups attached to an aromatic ring is 1. The molecule has 1 saturated carbocycles. The van der Waals surface area contributed by atoms with Crippen molar-refractivity contribution in [1.82, 2.24) is 5.32 Å². The Hall–Kier alpha value is -4.91. The van der Waals surface area contributed by atoms with Crippen LogP contribution in [0.3, 0.4) is 0 Å². The van der Waals surface area contributed by atoms with E-state index in [1.165, 1.54) is 12.1 Å². The summed E-state index contributed by atoms with van der Waals surface area (Å²) >= 11 is 0. The van der Waals surface area contributed by atoms with Crippen LogP contribution in [0.1, 0.15) is 56.0 Å². The van der Waals surface area contributed by atoms with Gasteiger partial charge in [0.1, 0.15) is 17.2 Å². The van der Waals surface area contributed by atoms with E-state index in [-0.39, 0.29) is 29.2 Å². The van der Waals surface area contributed by atoms with Gasteiger partial charge in [0.2, 0.25) is 0 Å². The van der Waals surface area contributed by atoms with E-state index in [1.54, 1.807) is 30.3 Å². The lowest BCUT2D eigenvalue weighted by atomic mass is 9.94. The first-order chi connectivity index (χ1) is 19.2. The predicted octanol–water partition coefficient (Wildman–Crippen LogP) is 6.24. The lowest BCUT2D eigenvalue weighted by Gasteiger charge is -2.19. The first-order valence-corrected chi connectivity index (χ1v) is 13.1. The molecule has 1 fully saturated rings. The molecule has 0 unspecified atom stereocenters. The fourth-order valence-corrected chi connectivity index (χ4v) is 5.34. The third kappa shape index (κ3) is 4.60. The van der Waals surface area contributed by atoms with E-state index >= 15 is 0 Å². The van der Waals surface area contributed by atoms with Crippen LogP contribution < -0.4 is 16.8 Å². The molecule has 0 saturated heterocycles. The highest BCUT2D eigenvalue weighted by Crippen LogP contribution is 2.45. The van der Waals surface area contributed by atoms with Gasteiger partial charge in [0.05, 0.1) is 11.1 Å². The Labute approximate surface area is 230 Å². The van der Waals surface area contributed by atoms with E-state index in [0.717, 1.165) is 35.1 Å². The molecule has 200 valence electrons. The minimum atomic E-state index is -0.632. The smallest absolute Gasteiger partial charge is 0.252 e. The zero-order valence-electron chi connectivity index (χ0n) is 22.0. The molecule has 6 rings (SSSR count). The van der Waals surface area contributed by atoms with Crippen molar-refractivity contribution in [3.63, 3.8) is 0 Å². The van der Waals surface area contributed by atoms with Crippen LogP contribution in [-0.4, -0.2) is 11.8 Å². The van der Waals surface area contributed by atoms with Gasteiger partial charge in [-0.25, -0.2) is 4.39 Å². The maximum atomic E-state index is 13.4. The summed E-state index contributed by atoms with van der Waals surface area (Å²) in [5, 5.41) is 3.76. The van der Waals surface area contributed by atoms with Crippen molar-refractivity contribution in [2.75, 3.05) is 5.73 Å². The molecular weight excluding hydrogens is 505 g/mol. The summed E-state index contributed by atoms with van der Waals surface area (Å²) in [5.74, 6) is -0.761. The molecule has 7 heteroatoms. The molecule has 1 aromatic heterocycles. The Morgan fingerprint density at radius 1 is 0.950 bits per heavy atom. The number of fused-ring (bicyclic) bond motifs is 1. The van der Waals surface area contributed by atoms with Crippen LogP contribution in [0.5, 0.6) is 0 Å². The molecular formula is C33H28FN3O3. The number of nitrogens with one attached hydrogen (secondary N) is 1. The molecule has 6 nitrogen and oxygen atoms in total. The Morgan fingerprint density at radius 2 is 1.68 bits per heavy atom. The number of carbonyl (C=O) groups is 2. The van der Waals surface area contributed by atoms with Crippen molar-refractivity contribution >= 4 is 28.5 Å². The van der Waals surface area contributed by atoms with Crippen LogP contribution in [0.15, 0.2) is 89.3 Å². The topological polar surface area (TPSA) is 111 Å². The maximum Gasteiger partial charge on any atom is 0.252 e. The summed E-state index contributed by atoms with van der Waals surface area (Å²) in [5.41, 5.74) is 17.8. The minimum Gasteiger partial charge on any atom is -0.460 e. The second-order valence-electron chi connectivity index (χ2n) is 10.4. The molecule has 0 aliphatic heterocycles. The molecule has 40 heavy (non-hydrogen) atoms. The first kappa shape index (κ1) is 25.4. The van der Waals surface area contributed by atoms with Gasteiger partial charge < -0.3 is 21.2 Å². The summed E-state index contributed by atoms with van der Waals surface area (Å²) < 4.78 is 19.4. The first-order valence-electron chi connectivity index (χ1n) is 13.1. The van der Waals surface area contributed by atoms with Crippen LogP contribution in [0.4, 0.5) is 10.1 Å². The highest BCUT2D eigenvalue weighted by atomic mass is 19.1. The van der Waals surface area contributed by atoms with Gasteiger partial charge in [0.25, 0.3) is 11.8 Å². The summed E-state index contributed by atoms with van der Waals surface area (Å²) in [7, 11) is 0. The van der Waals surface area contributed by atoms with Gasteiger partial charge in [0, 0.05) is 34.7 Å². The SMILES string of the molecule is Cc1ccc(C(=O)NC2(c3ccccc3)CC2)cc1-c1cc2c(C(N)=O)c(Cc3ccc(F)cc3)oc2cc1N. The fourth-order valence-electron chi connectivity index (χ4n) is 5.34. The van der Waals surface area contributed by atoms with Crippen molar-refractivity contribution < 1.29 is 18.4 Å². The van der Waals surface area contributed by atoms with Crippen LogP contribution in [0.25, 0.3) is 22.1 Å². The van der Waals surface area contributed by atoms with E-state index in [2.05, 4.69) is 5.32 Å². The number of aryl methyl sites for hydroxylation is 1. The summed E-state index contributed by atoms with van der Waals surface area (Å²) in [6, 6.07) is 25.0. The van der Waals surface area contributed by atoms with E-state index in [0.29, 0.717) is 33.5 Å². The molecule has 0 atom stereocenters. The Balaban J connectivity index is 1.37. The van der Waals surface area contributed by atoms with Crippen molar-refractivity contribution in [1.29, 1.82) is 0 Å². The van der Waals surface area contributed by atoms with Crippen LogP contribution in [0, 0.1) is 12.7 Å². The molecule has 0 spiro atoms. The Bertz CT molecular complexity index is 1770. The Morgan fingerprint density at radius 3 is 2.35 bits per heavy atom. The Kier molecular flexibility index (Phi) is 6.14. The van der Waals surface area contributed by atoms with E-state index in [1.807, 2.05) is 49.4 Å². The highest BCUT2D eigenvalue weighted by molar-refractivity contribution is 6.09. The number of carbonyl (C=O) groups excluding carboxylic acids is 2. The largest absolute Gasteiger partial charge is 0.460 e. The molecule has 1 heterocycles. The highest BCUT2D eigenvalue weighted by Gasteiger charge is 2.45. The van der Waals surface area contributed by atoms with E-state index in [4.69, 9.17) is 15.9 Å². The van der Waals surface area contributed by atoms with E-state index in [9.17, 15) is 14.0 Å². The van der Waals surface area contributed by atoms with Crippen molar-refractivity contribution in [3.8, 4) is 11.1 Å². The molecule has 4 aromatic carbocycles. The van der Waals surface area contributed by atoms with Crippen LogP contribution in [0.2, 0.25) is 0 Å². The van der Waals surface area contributed by atoms with Gasteiger partial charge in [-0.15, -0.1) is 0 Å². The normalized spacial score (nSPS) is 13.8. The number of nitrogens with two attached hydrogens (primary N) is 2. The average molecular weight is 534 g/mol. The van der Waals surface area contributed by atoms with Crippen LogP contribution in [-0.2, 0) is 12.0 Å². The average Bonchev–Trinajstić information content (AvgIpc) is 3.64. The molecule has 2 amide bonds. The van der Waals surface area contributed by atoms with Gasteiger partial charge >= 0.3 is 0 Å². The summed E-state index contributed by atoms with van der Waals surface area (Å²) in [6.07, 6.45) is 2.05. The monoisotopic (exact) mass is 533 g/mol. The van der Waals surface area contributed by atoms with Crippen molar-refractivity contribution in [2.45, 2.75) is 31.7 Å². The number of primary amides is 1. The van der Waals surface area contributed by atoms with Gasteiger partial charge in [-0.05, 0) is 72.4 Å². The zero-order chi connectivity index (χ0) is 28.0. The standard InChI is InChI=1S/C33H28FN3O3/c1-19-7-10-21(32(39)37-33(13-14-33)22-5-3-2-4-6-22)16-24(19)25-17-26-28(18-27(25)35)40-29(30(26)31(36)38)15-20-8-11-23(34)12-9-20/h2-12,16-18H,13-15,35H2,1H3,(H2,36,38)(H,37,39). The number of rotatable bonds is 7. The van der Waals surface area contributed by atoms with Gasteiger partial charge in [-0.2, -0.15) is 0 Å². The number of amides is 2. The van der Waals surface area contributed by atoms with Gasteiger partial charge in [-0.1, -0.05) is 48.5 Å². The van der Waals surface area contributed by atoms with Crippen molar-refractivity contribution in [3.05, 3.63) is 124 Å². The predicted molar refractivity (Wildman–Crippen MR) is 153 cm³/mol. The number of hydrogen-bond acceptors (Lipinski definition) is 4. The lowest BCUT2D eigenvalue weighted by Crippen LogP contribution is -2.34. The fraction of sp³-hybridized carbons (Fsp3) is 0.152. The lowest BCUT2D eigenvalue weighted by molar-refractivity contribution is 0.0929. The quantitative estimate of drug-likeness (QED) is 0.215. The number of furan rings is 1. The van der Waals surface area contributed by atoms with Crippen molar-refractivity contribution in [2.24, 2.45) is 5.73 Å². The molecule has 0 bridgehead atoms. The molecule has 1 aliphatic carbocycles. The third-order valence-electron chi connectivity index (χ3n) is 7.68. The van der Waals surface area contributed by atoms with Gasteiger partial charge in [0.15, 0.2) is 0 Å². The second kappa shape index (κ2) is 9.68. The molecule has 1 aliphatic rings. The van der Waals surface area contributed by atoms with E-state index < -0.39 is 5.91 Å². The van der Waals surface area contributed by atoms with Gasteiger partial charge in [-0.3, -0.25) is 9.59 Å². The zero-order valence-corrected chi connectivity index (χ0v) is 22.0. The summed E-state index contributed by atoms with van der Waals surface area (Å²) in [6.45, 7) is 1.94. The number of benzene rings is 4. The molecule has 5 aromatic rings. The molecule has 5 N–H and O–H groups in total. The molecule has 0 radical (unpaired) electrons. The number of anilines is 1. The third-order valence-corrected chi connectivity index (χ3v) is 7.68. The van der Waals surface area contributed by atoms with Crippen LogP contribution >= 0.6 is 0 Å². The number of hydrogen-bond donors (Lipinski definition) is 3.